The summed E-state index contributed by atoms with van der Waals surface area (Å²) in [5, 5.41) is 9.15. The SMILES string of the molecule is C[C@H](NC(=O)c1cc(C(=O)NCc2ccc3c(c2)CC(=O)CO3)nc2c(F)cnn12)C(=O)N1CCOCC1. The third-order valence-corrected chi connectivity index (χ3v) is 6.29. The number of halogens is 1. The summed E-state index contributed by atoms with van der Waals surface area (Å²) in [5.74, 6) is -1.88. The van der Waals surface area contributed by atoms with Gasteiger partial charge in [-0.1, -0.05) is 6.07 Å². The lowest BCUT2D eigenvalue weighted by atomic mass is 10.0. The summed E-state index contributed by atoms with van der Waals surface area (Å²) in [4.78, 5) is 56.0. The Morgan fingerprint density at radius 3 is 2.74 bits per heavy atom. The Hall–Kier alpha value is -4.39. The molecule has 2 aliphatic heterocycles. The number of amides is 3. The molecule has 198 valence electrons. The molecule has 0 aliphatic carbocycles. The minimum Gasteiger partial charge on any atom is -0.486 e. The first-order valence-electron chi connectivity index (χ1n) is 12.1. The minimum absolute atomic E-state index is 0.0363. The molecule has 1 atom stereocenters. The van der Waals surface area contributed by atoms with Crippen molar-refractivity contribution in [2.24, 2.45) is 0 Å². The zero-order valence-electron chi connectivity index (χ0n) is 20.5. The number of nitrogens with one attached hydrogen (secondary N) is 2. The van der Waals surface area contributed by atoms with Crippen LogP contribution in [0.5, 0.6) is 5.75 Å². The van der Waals surface area contributed by atoms with E-state index in [0.717, 1.165) is 21.8 Å². The van der Waals surface area contributed by atoms with Crippen molar-refractivity contribution in [3.05, 3.63) is 58.8 Å². The maximum Gasteiger partial charge on any atom is 0.270 e. The molecule has 0 bridgehead atoms. The van der Waals surface area contributed by atoms with E-state index in [1.807, 2.05) is 0 Å². The number of hydrogen-bond acceptors (Lipinski definition) is 8. The molecule has 1 saturated heterocycles. The van der Waals surface area contributed by atoms with Crippen LogP contribution in [0.25, 0.3) is 5.65 Å². The van der Waals surface area contributed by atoms with E-state index in [1.165, 1.54) is 6.07 Å². The molecular weight excluding hydrogens is 499 g/mol. The lowest BCUT2D eigenvalue weighted by Crippen LogP contribution is -2.50. The minimum atomic E-state index is -0.874. The first-order chi connectivity index (χ1) is 18.3. The smallest absolute Gasteiger partial charge is 0.270 e. The van der Waals surface area contributed by atoms with Crippen molar-refractivity contribution >= 4 is 29.2 Å². The van der Waals surface area contributed by atoms with Gasteiger partial charge in [-0.05, 0) is 24.6 Å². The van der Waals surface area contributed by atoms with Gasteiger partial charge in [0.1, 0.15) is 29.8 Å². The highest BCUT2D eigenvalue weighted by atomic mass is 19.1. The van der Waals surface area contributed by atoms with Crippen LogP contribution in [0, 0.1) is 5.82 Å². The highest BCUT2D eigenvalue weighted by Crippen LogP contribution is 2.24. The molecule has 3 aromatic rings. The first-order valence-corrected chi connectivity index (χ1v) is 12.1. The second-order valence-electron chi connectivity index (χ2n) is 9.02. The van der Waals surface area contributed by atoms with E-state index in [2.05, 4.69) is 20.7 Å². The van der Waals surface area contributed by atoms with E-state index in [-0.39, 0.29) is 48.3 Å². The number of ketones is 1. The van der Waals surface area contributed by atoms with Crippen molar-refractivity contribution in [1.29, 1.82) is 0 Å². The average Bonchev–Trinajstić information content (AvgIpc) is 3.31. The van der Waals surface area contributed by atoms with Crippen molar-refractivity contribution in [3.63, 3.8) is 0 Å². The van der Waals surface area contributed by atoms with Gasteiger partial charge in [-0.3, -0.25) is 19.2 Å². The van der Waals surface area contributed by atoms with Crippen LogP contribution in [0.2, 0.25) is 0 Å². The van der Waals surface area contributed by atoms with Gasteiger partial charge in [0, 0.05) is 37.7 Å². The summed E-state index contributed by atoms with van der Waals surface area (Å²) in [7, 11) is 0. The monoisotopic (exact) mass is 524 g/mol. The molecule has 4 heterocycles. The van der Waals surface area contributed by atoms with Gasteiger partial charge in [0.15, 0.2) is 17.2 Å². The second-order valence-corrected chi connectivity index (χ2v) is 9.02. The molecule has 2 aromatic heterocycles. The summed E-state index contributed by atoms with van der Waals surface area (Å²) >= 11 is 0. The highest BCUT2D eigenvalue weighted by Gasteiger charge is 2.26. The number of hydrogen-bond donors (Lipinski definition) is 2. The van der Waals surface area contributed by atoms with Crippen LogP contribution in [0.4, 0.5) is 4.39 Å². The Balaban J connectivity index is 1.32. The fourth-order valence-corrected chi connectivity index (χ4v) is 4.32. The van der Waals surface area contributed by atoms with Crippen LogP contribution < -0.4 is 15.4 Å². The number of Topliss-reactive ketones (excluding diaryl/α,β-unsaturated/α-hetero) is 1. The first kappa shape index (κ1) is 25.3. The second kappa shape index (κ2) is 10.5. The molecule has 0 saturated carbocycles. The molecule has 2 N–H and O–H groups in total. The van der Waals surface area contributed by atoms with E-state index in [0.29, 0.717) is 32.1 Å². The molecule has 2 aliphatic rings. The normalized spacial score (nSPS) is 15.9. The molecule has 1 fully saturated rings. The molecule has 12 nitrogen and oxygen atoms in total. The Morgan fingerprint density at radius 1 is 1.16 bits per heavy atom. The summed E-state index contributed by atoms with van der Waals surface area (Å²) in [6.07, 6.45) is 1.14. The van der Waals surface area contributed by atoms with Gasteiger partial charge in [0.25, 0.3) is 11.8 Å². The molecule has 5 rings (SSSR count). The maximum absolute atomic E-state index is 14.4. The number of benzene rings is 1. The van der Waals surface area contributed by atoms with Crippen LogP contribution in [0.3, 0.4) is 0 Å². The molecule has 3 amide bonds. The van der Waals surface area contributed by atoms with E-state index in [4.69, 9.17) is 9.47 Å². The Labute approximate surface area is 216 Å². The van der Waals surface area contributed by atoms with Gasteiger partial charge in [-0.15, -0.1) is 0 Å². The highest BCUT2D eigenvalue weighted by molar-refractivity contribution is 6.00. The number of carbonyl (C=O) groups is 4. The predicted octanol–water partition coefficient (Wildman–Crippen LogP) is 0.280. The number of rotatable bonds is 6. The number of fused-ring (bicyclic) bond motifs is 2. The third-order valence-electron chi connectivity index (χ3n) is 6.29. The summed E-state index contributed by atoms with van der Waals surface area (Å²) in [5.41, 5.74) is 0.786. The lowest BCUT2D eigenvalue weighted by Gasteiger charge is -2.29. The van der Waals surface area contributed by atoms with E-state index in [9.17, 15) is 23.6 Å². The zero-order chi connectivity index (χ0) is 26.8. The van der Waals surface area contributed by atoms with E-state index < -0.39 is 23.7 Å². The maximum atomic E-state index is 14.4. The van der Waals surface area contributed by atoms with Gasteiger partial charge >= 0.3 is 0 Å². The summed E-state index contributed by atoms with van der Waals surface area (Å²) < 4.78 is 26.0. The number of morpholine rings is 1. The Morgan fingerprint density at radius 2 is 1.95 bits per heavy atom. The van der Waals surface area contributed by atoms with E-state index in [1.54, 1.807) is 30.0 Å². The van der Waals surface area contributed by atoms with Gasteiger partial charge in [0.2, 0.25) is 5.91 Å². The topological polar surface area (TPSA) is 144 Å². The molecular formula is C25H25FN6O6. The number of nitrogens with zero attached hydrogens (tertiary/aromatic N) is 4. The molecule has 0 spiro atoms. The molecule has 38 heavy (non-hydrogen) atoms. The van der Waals surface area contributed by atoms with Crippen molar-refractivity contribution in [2.45, 2.75) is 25.9 Å². The third kappa shape index (κ3) is 5.18. The quantitative estimate of drug-likeness (QED) is 0.468. The Bertz CT molecular complexity index is 1430. The molecule has 13 heteroatoms. The number of carbonyl (C=O) groups excluding carboxylic acids is 4. The number of aromatic nitrogens is 3. The fourth-order valence-electron chi connectivity index (χ4n) is 4.32. The summed E-state index contributed by atoms with van der Waals surface area (Å²) in [6, 6.07) is 5.58. The van der Waals surface area contributed by atoms with Crippen LogP contribution in [-0.4, -0.2) is 82.0 Å². The molecule has 0 unspecified atom stereocenters. The van der Waals surface area contributed by atoms with Gasteiger partial charge < -0.3 is 25.0 Å². The van der Waals surface area contributed by atoms with Crippen molar-refractivity contribution in [1.82, 2.24) is 30.1 Å². The van der Waals surface area contributed by atoms with Crippen molar-refractivity contribution < 1.29 is 33.0 Å². The fraction of sp³-hybridized carbons (Fsp3) is 0.360. The van der Waals surface area contributed by atoms with Crippen LogP contribution >= 0.6 is 0 Å². The standard InChI is InChI=1S/C25H25FN6O6/c1-14(25(36)31-4-6-37-7-5-31)29-24(35)20-10-19(30-22-18(26)12-28-32(20)22)23(34)27-11-15-2-3-21-16(8-15)9-17(33)13-38-21/h2-3,8,10,12,14H,4-7,9,11,13H2,1H3,(H,27,34)(H,29,35)/t14-/m0/s1. The van der Waals surface area contributed by atoms with Gasteiger partial charge in [-0.25, -0.2) is 13.9 Å². The van der Waals surface area contributed by atoms with Gasteiger partial charge in [0.05, 0.1) is 19.4 Å². The van der Waals surface area contributed by atoms with Crippen LogP contribution in [0.15, 0.2) is 30.5 Å². The number of ether oxygens (including phenoxy) is 2. The lowest BCUT2D eigenvalue weighted by molar-refractivity contribution is -0.136. The molecule has 1 aromatic carbocycles. The van der Waals surface area contributed by atoms with Crippen LogP contribution in [0.1, 0.15) is 39.0 Å². The predicted molar refractivity (Wildman–Crippen MR) is 129 cm³/mol. The average molecular weight is 525 g/mol. The zero-order valence-corrected chi connectivity index (χ0v) is 20.5. The van der Waals surface area contributed by atoms with Crippen molar-refractivity contribution in [3.8, 4) is 5.75 Å². The summed E-state index contributed by atoms with van der Waals surface area (Å²) in [6.45, 7) is 3.35. The van der Waals surface area contributed by atoms with Crippen molar-refractivity contribution in [2.75, 3.05) is 32.9 Å². The largest absolute Gasteiger partial charge is 0.486 e. The molecule has 0 radical (unpaired) electrons. The van der Waals surface area contributed by atoms with Crippen LogP contribution in [-0.2, 0) is 27.3 Å². The Kier molecular flexibility index (Phi) is 7.01. The van der Waals surface area contributed by atoms with Gasteiger partial charge in [-0.2, -0.15) is 5.10 Å². The van der Waals surface area contributed by atoms with E-state index >= 15 is 0 Å².